The molecule has 1 atom stereocenters. The summed E-state index contributed by atoms with van der Waals surface area (Å²) in [7, 11) is 0. The van der Waals surface area contributed by atoms with Gasteiger partial charge in [0, 0.05) is 30.4 Å². The summed E-state index contributed by atoms with van der Waals surface area (Å²) < 4.78 is 5.18. The van der Waals surface area contributed by atoms with Gasteiger partial charge in [-0.15, -0.1) is 0 Å². The molecule has 0 spiro atoms. The molecule has 116 valence electrons. The van der Waals surface area contributed by atoms with Crippen molar-refractivity contribution in [3.05, 3.63) is 29.1 Å². The summed E-state index contributed by atoms with van der Waals surface area (Å²) in [5.41, 5.74) is 1.55. The molecule has 0 aliphatic carbocycles. The maximum Gasteiger partial charge on any atom is 0.407 e. The van der Waals surface area contributed by atoms with Crippen molar-refractivity contribution < 1.29 is 9.53 Å². The standard InChI is InChI=1S/C17H21N3O2/c1-12(20-16(21)22-17(3,4)5)7-6-8-14-10-19-11-15(9-18)13(14)2/h10-12H,7H2,1-5H3,(H,20,21)/t12-/m0/s1. The number of nitrogens with zero attached hydrogens (tertiary/aromatic N) is 2. The molecule has 0 bridgehead atoms. The molecule has 0 radical (unpaired) electrons. The summed E-state index contributed by atoms with van der Waals surface area (Å²) in [6.45, 7) is 9.14. The Morgan fingerprint density at radius 2 is 2.05 bits per heavy atom. The number of hydrogen-bond donors (Lipinski definition) is 1. The van der Waals surface area contributed by atoms with Crippen molar-refractivity contribution in [2.45, 2.75) is 52.7 Å². The topological polar surface area (TPSA) is 75.0 Å². The van der Waals surface area contributed by atoms with Crippen molar-refractivity contribution in [3.8, 4) is 17.9 Å². The van der Waals surface area contributed by atoms with E-state index < -0.39 is 11.7 Å². The molecular formula is C17H21N3O2. The number of rotatable bonds is 2. The van der Waals surface area contributed by atoms with E-state index in [1.165, 1.54) is 6.20 Å². The summed E-state index contributed by atoms with van der Waals surface area (Å²) in [5, 5.41) is 11.7. The van der Waals surface area contributed by atoms with E-state index in [0.29, 0.717) is 12.0 Å². The second kappa shape index (κ2) is 7.47. The minimum absolute atomic E-state index is 0.130. The van der Waals surface area contributed by atoms with Crippen molar-refractivity contribution in [2.75, 3.05) is 0 Å². The van der Waals surface area contributed by atoms with Gasteiger partial charge in [0.2, 0.25) is 0 Å². The Morgan fingerprint density at radius 1 is 1.41 bits per heavy atom. The van der Waals surface area contributed by atoms with E-state index >= 15 is 0 Å². The van der Waals surface area contributed by atoms with Crippen LogP contribution < -0.4 is 5.32 Å². The van der Waals surface area contributed by atoms with E-state index in [2.05, 4.69) is 28.2 Å². The van der Waals surface area contributed by atoms with Gasteiger partial charge in [-0.05, 0) is 40.2 Å². The molecular weight excluding hydrogens is 278 g/mol. The number of amides is 1. The van der Waals surface area contributed by atoms with E-state index in [0.717, 1.165) is 11.1 Å². The van der Waals surface area contributed by atoms with E-state index in [1.54, 1.807) is 6.20 Å². The van der Waals surface area contributed by atoms with Crippen LogP contribution in [0.3, 0.4) is 0 Å². The summed E-state index contributed by atoms with van der Waals surface area (Å²) in [6.07, 6.45) is 3.18. The normalized spacial score (nSPS) is 11.6. The number of ether oxygens (including phenoxy) is 1. The second-order valence-electron chi connectivity index (χ2n) is 6.02. The molecule has 5 heteroatoms. The second-order valence-corrected chi connectivity index (χ2v) is 6.02. The molecule has 1 N–H and O–H groups in total. The van der Waals surface area contributed by atoms with Crippen LogP contribution in [0.2, 0.25) is 0 Å². The van der Waals surface area contributed by atoms with E-state index in [1.807, 2.05) is 34.6 Å². The Bertz CT molecular complexity index is 643. The highest BCUT2D eigenvalue weighted by molar-refractivity contribution is 5.68. The fourth-order valence-corrected chi connectivity index (χ4v) is 1.62. The van der Waals surface area contributed by atoms with Gasteiger partial charge in [0.1, 0.15) is 11.7 Å². The van der Waals surface area contributed by atoms with Crippen LogP contribution in [0.4, 0.5) is 4.79 Å². The Morgan fingerprint density at radius 3 is 2.64 bits per heavy atom. The Kier molecular flexibility index (Phi) is 5.95. The molecule has 0 fully saturated rings. The summed E-state index contributed by atoms with van der Waals surface area (Å²) in [5.74, 6) is 5.98. The van der Waals surface area contributed by atoms with Crippen molar-refractivity contribution >= 4 is 6.09 Å². The van der Waals surface area contributed by atoms with Gasteiger partial charge in [-0.25, -0.2) is 4.79 Å². The van der Waals surface area contributed by atoms with Crippen LogP contribution in [0.5, 0.6) is 0 Å². The summed E-state index contributed by atoms with van der Waals surface area (Å²) in [4.78, 5) is 15.6. The third-order valence-electron chi connectivity index (χ3n) is 2.73. The number of pyridine rings is 1. The van der Waals surface area contributed by atoms with Crippen LogP contribution in [0.25, 0.3) is 0 Å². The number of nitriles is 1. The molecule has 1 amide bonds. The summed E-state index contributed by atoms with van der Waals surface area (Å²) in [6, 6.07) is 1.95. The van der Waals surface area contributed by atoms with Crippen LogP contribution in [0, 0.1) is 30.1 Å². The Balaban J connectivity index is 2.61. The largest absolute Gasteiger partial charge is 0.444 e. The zero-order valence-corrected chi connectivity index (χ0v) is 13.7. The number of aromatic nitrogens is 1. The highest BCUT2D eigenvalue weighted by Gasteiger charge is 2.17. The van der Waals surface area contributed by atoms with Gasteiger partial charge < -0.3 is 10.1 Å². The molecule has 1 aromatic rings. The van der Waals surface area contributed by atoms with Crippen LogP contribution in [0.1, 0.15) is 50.8 Å². The molecule has 1 heterocycles. The number of carbonyl (C=O) groups excluding carboxylic acids is 1. The number of hydrogen-bond acceptors (Lipinski definition) is 4. The molecule has 0 unspecified atom stereocenters. The maximum atomic E-state index is 11.6. The molecule has 0 aliphatic heterocycles. The lowest BCUT2D eigenvalue weighted by molar-refractivity contribution is 0.0509. The first kappa shape index (κ1) is 17.5. The predicted molar refractivity (Wildman–Crippen MR) is 84.0 cm³/mol. The van der Waals surface area contributed by atoms with Crippen molar-refractivity contribution in [3.63, 3.8) is 0 Å². The third-order valence-corrected chi connectivity index (χ3v) is 2.73. The minimum atomic E-state index is -0.518. The minimum Gasteiger partial charge on any atom is -0.444 e. The van der Waals surface area contributed by atoms with Gasteiger partial charge in [0.05, 0.1) is 5.56 Å². The first-order chi connectivity index (χ1) is 10.2. The average molecular weight is 299 g/mol. The van der Waals surface area contributed by atoms with Gasteiger partial charge in [-0.3, -0.25) is 4.98 Å². The first-order valence-corrected chi connectivity index (χ1v) is 7.06. The number of carbonyl (C=O) groups is 1. The lowest BCUT2D eigenvalue weighted by Gasteiger charge is -2.21. The summed E-state index contributed by atoms with van der Waals surface area (Å²) >= 11 is 0. The monoisotopic (exact) mass is 299 g/mol. The van der Waals surface area contributed by atoms with Crippen LogP contribution in [-0.4, -0.2) is 22.7 Å². The smallest absolute Gasteiger partial charge is 0.407 e. The lowest BCUT2D eigenvalue weighted by Crippen LogP contribution is -2.37. The van der Waals surface area contributed by atoms with E-state index in [9.17, 15) is 4.79 Å². The SMILES string of the molecule is Cc1c(C#N)cncc1C#CC[C@H](C)NC(=O)OC(C)(C)C. The maximum absolute atomic E-state index is 11.6. The number of alkyl carbamates (subject to hydrolysis) is 1. The third kappa shape index (κ3) is 5.85. The van der Waals surface area contributed by atoms with Crippen LogP contribution in [0.15, 0.2) is 12.4 Å². The molecule has 1 aromatic heterocycles. The van der Waals surface area contributed by atoms with Gasteiger partial charge in [-0.2, -0.15) is 5.26 Å². The van der Waals surface area contributed by atoms with Crippen molar-refractivity contribution in [2.24, 2.45) is 0 Å². The van der Waals surface area contributed by atoms with Crippen LogP contribution in [-0.2, 0) is 4.74 Å². The van der Waals surface area contributed by atoms with Gasteiger partial charge in [-0.1, -0.05) is 11.8 Å². The van der Waals surface area contributed by atoms with Crippen molar-refractivity contribution in [1.82, 2.24) is 10.3 Å². The molecule has 0 saturated heterocycles. The fourth-order valence-electron chi connectivity index (χ4n) is 1.62. The molecule has 0 aromatic carbocycles. The zero-order chi connectivity index (χ0) is 16.8. The quantitative estimate of drug-likeness (QED) is 0.852. The fraction of sp³-hybridized carbons (Fsp3) is 0.471. The first-order valence-electron chi connectivity index (χ1n) is 7.06. The average Bonchev–Trinajstić information content (AvgIpc) is 2.38. The molecule has 22 heavy (non-hydrogen) atoms. The number of nitrogens with one attached hydrogen (secondary N) is 1. The van der Waals surface area contributed by atoms with Crippen molar-refractivity contribution in [1.29, 1.82) is 5.26 Å². The highest BCUT2D eigenvalue weighted by atomic mass is 16.6. The Labute approximate surface area is 131 Å². The molecule has 1 rings (SSSR count). The van der Waals surface area contributed by atoms with Gasteiger partial charge in [0.15, 0.2) is 0 Å². The zero-order valence-electron chi connectivity index (χ0n) is 13.7. The molecule has 0 saturated carbocycles. The van der Waals surface area contributed by atoms with Gasteiger partial charge >= 0.3 is 6.09 Å². The van der Waals surface area contributed by atoms with Gasteiger partial charge in [0.25, 0.3) is 0 Å². The molecule has 0 aliphatic rings. The lowest BCUT2D eigenvalue weighted by atomic mass is 10.1. The predicted octanol–water partition coefficient (Wildman–Crippen LogP) is 2.92. The van der Waals surface area contributed by atoms with E-state index in [-0.39, 0.29) is 6.04 Å². The van der Waals surface area contributed by atoms with Crippen LogP contribution >= 0.6 is 0 Å². The molecule has 5 nitrogen and oxygen atoms in total. The Hall–Kier alpha value is -2.53. The van der Waals surface area contributed by atoms with E-state index in [4.69, 9.17) is 10.00 Å². The highest BCUT2D eigenvalue weighted by Crippen LogP contribution is 2.10.